The summed E-state index contributed by atoms with van der Waals surface area (Å²) in [6.07, 6.45) is 0.836. The Hall–Kier alpha value is -1.92. The van der Waals surface area contributed by atoms with Crippen molar-refractivity contribution in [2.45, 2.75) is 40.5 Å². The summed E-state index contributed by atoms with van der Waals surface area (Å²) in [4.78, 5) is 29.8. The Balaban J connectivity index is 0.00000379. The van der Waals surface area contributed by atoms with Crippen LogP contribution in [0.3, 0.4) is 0 Å². The minimum absolute atomic E-state index is 0.137. The molecule has 1 aromatic carbocycles. The van der Waals surface area contributed by atoms with Crippen LogP contribution in [0.25, 0.3) is 0 Å². The van der Waals surface area contributed by atoms with Crippen LogP contribution in [0.4, 0.5) is 5.69 Å². The summed E-state index contributed by atoms with van der Waals surface area (Å²) in [5.74, 6) is 0.259. The van der Waals surface area contributed by atoms with Gasteiger partial charge in [0.2, 0.25) is 11.8 Å². The zero-order valence-electron chi connectivity index (χ0n) is 19.5. The molecule has 6 nitrogen and oxygen atoms in total. The average Bonchev–Trinajstić information content (AvgIpc) is 2.71. The molecule has 0 saturated heterocycles. The molecule has 2 amide bonds. The Bertz CT molecular complexity index is 564. The minimum atomic E-state index is -0.216. The third-order valence-electron chi connectivity index (χ3n) is 4.32. The highest BCUT2D eigenvalue weighted by molar-refractivity contribution is 6.04. The predicted molar refractivity (Wildman–Crippen MR) is 121 cm³/mol. The van der Waals surface area contributed by atoms with Crippen molar-refractivity contribution in [3.8, 4) is 0 Å². The Morgan fingerprint density at radius 1 is 0.931 bits per heavy atom. The number of carbonyl (C=O) groups excluding carboxylic acids is 2. The van der Waals surface area contributed by atoms with Gasteiger partial charge in [-0.3, -0.25) is 9.59 Å². The van der Waals surface area contributed by atoms with Crippen LogP contribution in [0, 0.1) is 5.92 Å². The standard InChI is InChI=1S/C21H35N3O3.C2H6/c1-18(2)17-22(3)12-9-14-27-15-13-23(4)20(25)16-21(26)24(5)19-10-7-6-8-11-19;1-2/h6-8,10-11,18H,9,12-17H2,1-5H3;1-2H3. The Morgan fingerprint density at radius 2 is 1.55 bits per heavy atom. The van der Waals surface area contributed by atoms with Gasteiger partial charge in [-0.15, -0.1) is 0 Å². The molecule has 1 rings (SSSR count). The van der Waals surface area contributed by atoms with Crippen LogP contribution in [0.2, 0.25) is 0 Å². The molecule has 1 aromatic rings. The fraction of sp³-hybridized carbons (Fsp3) is 0.652. The van der Waals surface area contributed by atoms with Gasteiger partial charge in [-0.25, -0.2) is 0 Å². The normalized spacial score (nSPS) is 10.5. The van der Waals surface area contributed by atoms with E-state index in [0.29, 0.717) is 25.7 Å². The number of hydrogen-bond acceptors (Lipinski definition) is 4. The van der Waals surface area contributed by atoms with Gasteiger partial charge < -0.3 is 19.4 Å². The van der Waals surface area contributed by atoms with Gasteiger partial charge >= 0.3 is 0 Å². The highest BCUT2D eigenvalue weighted by Gasteiger charge is 2.18. The Kier molecular flexibility index (Phi) is 14.9. The predicted octanol–water partition coefficient (Wildman–Crippen LogP) is 3.52. The van der Waals surface area contributed by atoms with E-state index in [2.05, 4.69) is 25.8 Å². The topological polar surface area (TPSA) is 53.1 Å². The SMILES string of the molecule is CC.CC(C)CN(C)CCCOCCN(C)C(=O)CC(=O)N(C)c1ccccc1. The molecule has 0 aliphatic rings. The summed E-state index contributed by atoms with van der Waals surface area (Å²) in [5, 5.41) is 0. The van der Waals surface area contributed by atoms with Crippen LogP contribution < -0.4 is 4.90 Å². The van der Waals surface area contributed by atoms with Crippen molar-refractivity contribution in [2.75, 3.05) is 58.9 Å². The lowest BCUT2D eigenvalue weighted by Gasteiger charge is -2.21. The number of benzene rings is 1. The summed E-state index contributed by atoms with van der Waals surface area (Å²) in [7, 11) is 5.51. The third kappa shape index (κ3) is 12.3. The van der Waals surface area contributed by atoms with Gasteiger partial charge in [0.25, 0.3) is 0 Å². The fourth-order valence-electron chi connectivity index (χ4n) is 2.76. The van der Waals surface area contributed by atoms with E-state index < -0.39 is 0 Å². The number of anilines is 1. The van der Waals surface area contributed by atoms with Crippen LogP contribution in [0.1, 0.15) is 40.5 Å². The van der Waals surface area contributed by atoms with Crippen molar-refractivity contribution < 1.29 is 14.3 Å². The zero-order valence-corrected chi connectivity index (χ0v) is 19.5. The molecule has 0 aromatic heterocycles. The lowest BCUT2D eigenvalue weighted by molar-refractivity contribution is -0.134. The molecule has 0 spiro atoms. The molecule has 0 heterocycles. The molecule has 29 heavy (non-hydrogen) atoms. The van der Waals surface area contributed by atoms with Crippen LogP contribution in [0.5, 0.6) is 0 Å². The van der Waals surface area contributed by atoms with E-state index in [1.807, 2.05) is 44.2 Å². The van der Waals surface area contributed by atoms with E-state index in [4.69, 9.17) is 4.74 Å². The molecule has 0 atom stereocenters. The van der Waals surface area contributed by atoms with Gasteiger partial charge in [-0.05, 0) is 31.5 Å². The smallest absolute Gasteiger partial charge is 0.236 e. The summed E-state index contributed by atoms with van der Waals surface area (Å²) in [6.45, 7) is 12.2. The van der Waals surface area contributed by atoms with Crippen LogP contribution >= 0.6 is 0 Å². The first-order valence-electron chi connectivity index (χ1n) is 10.6. The molecule has 0 fully saturated rings. The first-order chi connectivity index (χ1) is 13.8. The zero-order chi connectivity index (χ0) is 22.2. The first kappa shape index (κ1) is 27.1. The summed E-state index contributed by atoms with van der Waals surface area (Å²) >= 11 is 0. The molecular formula is C23H41N3O3. The lowest BCUT2D eigenvalue weighted by atomic mass is 10.2. The van der Waals surface area contributed by atoms with Crippen molar-refractivity contribution in [1.29, 1.82) is 0 Å². The van der Waals surface area contributed by atoms with Crippen molar-refractivity contribution in [1.82, 2.24) is 9.80 Å². The van der Waals surface area contributed by atoms with Crippen molar-refractivity contribution >= 4 is 17.5 Å². The number of hydrogen-bond donors (Lipinski definition) is 0. The van der Waals surface area contributed by atoms with E-state index >= 15 is 0 Å². The van der Waals surface area contributed by atoms with Gasteiger partial charge in [-0.2, -0.15) is 0 Å². The Labute approximate surface area is 177 Å². The minimum Gasteiger partial charge on any atom is -0.380 e. The van der Waals surface area contributed by atoms with Gasteiger partial charge in [0.15, 0.2) is 0 Å². The highest BCUT2D eigenvalue weighted by atomic mass is 16.5. The summed E-state index contributed by atoms with van der Waals surface area (Å²) < 4.78 is 5.62. The average molecular weight is 408 g/mol. The molecule has 0 aliphatic heterocycles. The van der Waals surface area contributed by atoms with Gasteiger partial charge in [0, 0.05) is 46.0 Å². The number of carbonyl (C=O) groups is 2. The van der Waals surface area contributed by atoms with Gasteiger partial charge in [0.05, 0.1) is 6.61 Å². The maximum absolute atomic E-state index is 12.3. The fourth-order valence-corrected chi connectivity index (χ4v) is 2.76. The monoisotopic (exact) mass is 407 g/mol. The number of likely N-dealkylation sites (N-methyl/N-ethyl adjacent to an activating group) is 1. The molecule has 0 saturated carbocycles. The van der Waals surface area contributed by atoms with Crippen molar-refractivity contribution in [3.05, 3.63) is 30.3 Å². The maximum atomic E-state index is 12.3. The lowest BCUT2D eigenvalue weighted by Crippen LogP contribution is -2.36. The quantitative estimate of drug-likeness (QED) is 0.393. The van der Waals surface area contributed by atoms with Crippen molar-refractivity contribution in [2.24, 2.45) is 5.92 Å². The number of ether oxygens (including phenoxy) is 1. The second-order valence-electron chi connectivity index (χ2n) is 7.40. The number of para-hydroxylation sites is 1. The van der Waals surface area contributed by atoms with E-state index in [-0.39, 0.29) is 18.2 Å². The van der Waals surface area contributed by atoms with E-state index in [1.165, 1.54) is 4.90 Å². The van der Waals surface area contributed by atoms with E-state index in [9.17, 15) is 9.59 Å². The molecule has 0 unspecified atom stereocenters. The molecular weight excluding hydrogens is 366 g/mol. The Morgan fingerprint density at radius 3 is 2.14 bits per heavy atom. The molecule has 0 bridgehead atoms. The molecule has 0 aliphatic carbocycles. The molecule has 166 valence electrons. The van der Waals surface area contributed by atoms with Gasteiger partial charge in [0.1, 0.15) is 6.42 Å². The van der Waals surface area contributed by atoms with Crippen molar-refractivity contribution in [3.63, 3.8) is 0 Å². The van der Waals surface area contributed by atoms with E-state index in [1.54, 1.807) is 19.0 Å². The second-order valence-corrected chi connectivity index (χ2v) is 7.40. The van der Waals surface area contributed by atoms with Crippen LogP contribution in [-0.2, 0) is 14.3 Å². The first-order valence-corrected chi connectivity index (χ1v) is 10.6. The van der Waals surface area contributed by atoms with Crippen LogP contribution in [-0.4, -0.2) is 75.6 Å². The molecule has 6 heteroatoms. The number of amides is 2. The molecule has 0 N–H and O–H groups in total. The van der Waals surface area contributed by atoms with Gasteiger partial charge in [-0.1, -0.05) is 45.9 Å². The number of rotatable bonds is 12. The number of nitrogens with zero attached hydrogens (tertiary/aromatic N) is 3. The van der Waals surface area contributed by atoms with Crippen LogP contribution in [0.15, 0.2) is 30.3 Å². The summed E-state index contributed by atoms with van der Waals surface area (Å²) in [5.41, 5.74) is 0.781. The second kappa shape index (κ2) is 15.9. The molecule has 0 radical (unpaired) electrons. The summed E-state index contributed by atoms with van der Waals surface area (Å²) in [6, 6.07) is 9.32. The third-order valence-corrected chi connectivity index (χ3v) is 4.32. The highest BCUT2D eigenvalue weighted by Crippen LogP contribution is 2.12. The largest absolute Gasteiger partial charge is 0.380 e. The van der Waals surface area contributed by atoms with E-state index in [0.717, 1.165) is 25.2 Å². The maximum Gasteiger partial charge on any atom is 0.236 e.